The van der Waals surface area contributed by atoms with Crippen molar-refractivity contribution in [3.8, 4) is 11.5 Å². The molecule has 170 valence electrons. The van der Waals surface area contributed by atoms with Gasteiger partial charge in [0.2, 0.25) is 12.7 Å². The summed E-state index contributed by atoms with van der Waals surface area (Å²) in [5, 5.41) is 21.3. The normalized spacial score (nSPS) is 16.7. The first-order valence-corrected chi connectivity index (χ1v) is 10.3. The average molecular weight is 442 g/mol. The zero-order chi connectivity index (χ0) is 23.1. The van der Waals surface area contributed by atoms with Crippen LogP contribution in [-0.4, -0.2) is 40.9 Å². The molecule has 2 unspecified atom stereocenters. The Kier molecular flexibility index (Phi) is 7.67. The third kappa shape index (κ3) is 5.98. The van der Waals surface area contributed by atoms with Crippen molar-refractivity contribution in [1.82, 2.24) is 10.6 Å². The predicted molar refractivity (Wildman–Crippen MR) is 114 cm³/mol. The summed E-state index contributed by atoms with van der Waals surface area (Å²) >= 11 is 0. The monoisotopic (exact) mass is 442 g/mol. The Balaban J connectivity index is 0.000000427. The van der Waals surface area contributed by atoms with Gasteiger partial charge in [-0.15, -0.1) is 0 Å². The Morgan fingerprint density at radius 1 is 1.06 bits per heavy atom. The van der Waals surface area contributed by atoms with Gasteiger partial charge in [0, 0.05) is 6.54 Å². The molecular weight excluding hydrogens is 416 g/mol. The van der Waals surface area contributed by atoms with Crippen molar-refractivity contribution in [2.45, 2.75) is 44.8 Å². The zero-order valence-corrected chi connectivity index (χ0v) is 17.7. The number of carbonyl (C=O) groups excluding carboxylic acids is 1. The fraction of sp³-hybridized carbons (Fsp3) is 0.348. The number of nitrogens with one attached hydrogen (secondary N) is 2. The Morgan fingerprint density at radius 2 is 1.78 bits per heavy atom. The van der Waals surface area contributed by atoms with E-state index in [4.69, 9.17) is 29.3 Å². The second kappa shape index (κ2) is 10.6. The molecule has 0 spiro atoms. The van der Waals surface area contributed by atoms with Crippen LogP contribution in [0.2, 0.25) is 0 Å². The maximum atomic E-state index is 12.6. The van der Waals surface area contributed by atoms with Crippen LogP contribution in [0.1, 0.15) is 42.5 Å². The standard InChI is InChI=1S/C21H24N2O3.C2H2O4/c1-14(22-12-15-9-10-19-20(11-15)26-13-25-19)21(24)23-18-8-4-6-16-5-2-3-7-17(16)18;3-1(4)2(5)6/h2-3,5,7,9-11,14,18,22H,4,6,8,12-13H2,1H3,(H,23,24);(H,3,4)(H,5,6). The van der Waals surface area contributed by atoms with E-state index in [1.807, 2.05) is 31.2 Å². The number of aliphatic carboxylic acids is 2. The van der Waals surface area contributed by atoms with Gasteiger partial charge in [0.15, 0.2) is 11.5 Å². The number of rotatable bonds is 5. The molecule has 0 saturated heterocycles. The van der Waals surface area contributed by atoms with Crippen LogP contribution >= 0.6 is 0 Å². The number of benzene rings is 2. The van der Waals surface area contributed by atoms with Gasteiger partial charge in [0.25, 0.3) is 0 Å². The Labute approximate surface area is 185 Å². The summed E-state index contributed by atoms with van der Waals surface area (Å²) in [5.74, 6) is -2.08. The van der Waals surface area contributed by atoms with Crippen molar-refractivity contribution >= 4 is 17.8 Å². The number of fused-ring (bicyclic) bond motifs is 2. The number of ether oxygens (including phenoxy) is 2. The number of hydrogen-bond acceptors (Lipinski definition) is 6. The summed E-state index contributed by atoms with van der Waals surface area (Å²) < 4.78 is 10.7. The minimum Gasteiger partial charge on any atom is -0.473 e. The van der Waals surface area contributed by atoms with Gasteiger partial charge in [-0.2, -0.15) is 0 Å². The lowest BCUT2D eigenvalue weighted by Gasteiger charge is -2.27. The van der Waals surface area contributed by atoms with Crippen molar-refractivity contribution in [2.24, 2.45) is 0 Å². The van der Waals surface area contributed by atoms with Crippen molar-refractivity contribution in [1.29, 1.82) is 0 Å². The van der Waals surface area contributed by atoms with Crippen molar-refractivity contribution < 1.29 is 34.1 Å². The molecule has 1 heterocycles. The zero-order valence-electron chi connectivity index (χ0n) is 17.7. The molecule has 1 aliphatic carbocycles. The summed E-state index contributed by atoms with van der Waals surface area (Å²) in [5.41, 5.74) is 3.68. The van der Waals surface area contributed by atoms with Gasteiger partial charge in [0.05, 0.1) is 12.1 Å². The van der Waals surface area contributed by atoms with Crippen molar-refractivity contribution in [3.05, 3.63) is 59.2 Å². The highest BCUT2D eigenvalue weighted by Gasteiger charge is 2.23. The highest BCUT2D eigenvalue weighted by molar-refractivity contribution is 6.27. The largest absolute Gasteiger partial charge is 0.473 e. The molecule has 4 rings (SSSR count). The SMILES string of the molecule is CC(NCc1ccc2c(c1)OCO2)C(=O)NC1CCCc2ccccc21.O=C(O)C(=O)O. The second-order valence-electron chi connectivity index (χ2n) is 7.55. The molecule has 9 nitrogen and oxygen atoms in total. The second-order valence-corrected chi connectivity index (χ2v) is 7.55. The van der Waals surface area contributed by atoms with Gasteiger partial charge in [-0.1, -0.05) is 30.3 Å². The Morgan fingerprint density at radius 3 is 2.53 bits per heavy atom. The first-order chi connectivity index (χ1) is 15.3. The molecule has 0 bridgehead atoms. The minimum absolute atomic E-state index is 0.0347. The van der Waals surface area contributed by atoms with Crippen LogP contribution in [0.25, 0.3) is 0 Å². The number of hydrogen-bond donors (Lipinski definition) is 4. The molecule has 2 aromatic rings. The molecule has 2 aliphatic rings. The highest BCUT2D eigenvalue weighted by Crippen LogP contribution is 2.32. The van der Waals surface area contributed by atoms with Crippen LogP contribution in [-0.2, 0) is 27.3 Å². The molecule has 1 aliphatic heterocycles. The van der Waals surface area contributed by atoms with Gasteiger partial charge >= 0.3 is 11.9 Å². The van der Waals surface area contributed by atoms with E-state index in [0.717, 1.165) is 36.3 Å². The molecule has 32 heavy (non-hydrogen) atoms. The Hall–Kier alpha value is -3.59. The van der Waals surface area contributed by atoms with Gasteiger partial charge in [-0.3, -0.25) is 4.79 Å². The molecule has 1 amide bonds. The number of aryl methyl sites for hydroxylation is 1. The third-order valence-corrected chi connectivity index (χ3v) is 5.31. The lowest BCUT2D eigenvalue weighted by molar-refractivity contribution is -0.159. The van der Waals surface area contributed by atoms with Crippen molar-refractivity contribution in [3.63, 3.8) is 0 Å². The first kappa shape index (κ1) is 23.1. The van der Waals surface area contributed by atoms with Gasteiger partial charge in [0.1, 0.15) is 0 Å². The fourth-order valence-corrected chi connectivity index (χ4v) is 3.62. The smallest absolute Gasteiger partial charge is 0.414 e. The van der Waals surface area contributed by atoms with E-state index in [-0.39, 0.29) is 24.8 Å². The van der Waals surface area contributed by atoms with Crippen molar-refractivity contribution in [2.75, 3.05) is 6.79 Å². The van der Waals surface area contributed by atoms with Crippen LogP contribution in [0.4, 0.5) is 0 Å². The van der Waals surface area contributed by atoms with E-state index in [2.05, 4.69) is 28.8 Å². The minimum atomic E-state index is -1.82. The molecule has 9 heteroatoms. The maximum absolute atomic E-state index is 12.6. The third-order valence-electron chi connectivity index (χ3n) is 5.31. The van der Waals surface area contributed by atoms with Crippen LogP contribution in [0, 0.1) is 0 Å². The summed E-state index contributed by atoms with van der Waals surface area (Å²) in [4.78, 5) is 30.8. The summed E-state index contributed by atoms with van der Waals surface area (Å²) in [6.45, 7) is 2.78. The lowest BCUT2D eigenvalue weighted by atomic mass is 9.87. The van der Waals surface area contributed by atoms with E-state index in [9.17, 15) is 4.79 Å². The summed E-state index contributed by atoms with van der Waals surface area (Å²) in [6, 6.07) is 14.1. The number of carboxylic acid groups (broad SMARTS) is 2. The summed E-state index contributed by atoms with van der Waals surface area (Å²) in [7, 11) is 0. The summed E-state index contributed by atoms with van der Waals surface area (Å²) in [6.07, 6.45) is 3.21. The number of carbonyl (C=O) groups is 3. The molecule has 0 saturated carbocycles. The number of carboxylic acids is 2. The number of amides is 1. The van der Waals surface area contributed by atoms with Gasteiger partial charge in [-0.05, 0) is 55.0 Å². The highest BCUT2D eigenvalue weighted by atomic mass is 16.7. The van der Waals surface area contributed by atoms with Gasteiger partial charge < -0.3 is 30.3 Å². The van der Waals surface area contributed by atoms with Crippen LogP contribution in [0.5, 0.6) is 11.5 Å². The fourth-order valence-electron chi connectivity index (χ4n) is 3.62. The maximum Gasteiger partial charge on any atom is 0.414 e. The molecule has 2 atom stereocenters. The first-order valence-electron chi connectivity index (χ1n) is 10.3. The topological polar surface area (TPSA) is 134 Å². The molecular formula is C23H26N2O7. The molecule has 0 fully saturated rings. The van der Waals surface area contributed by atoms with Gasteiger partial charge in [-0.25, -0.2) is 9.59 Å². The van der Waals surface area contributed by atoms with E-state index in [0.29, 0.717) is 6.54 Å². The lowest BCUT2D eigenvalue weighted by Crippen LogP contribution is -2.43. The molecule has 0 radical (unpaired) electrons. The van der Waals surface area contributed by atoms with Crippen LogP contribution < -0.4 is 20.1 Å². The van der Waals surface area contributed by atoms with E-state index in [1.54, 1.807) is 0 Å². The molecule has 2 aromatic carbocycles. The quantitative estimate of drug-likeness (QED) is 0.518. The van der Waals surface area contributed by atoms with E-state index < -0.39 is 11.9 Å². The van der Waals surface area contributed by atoms with E-state index in [1.165, 1.54) is 11.1 Å². The van der Waals surface area contributed by atoms with Crippen LogP contribution in [0.3, 0.4) is 0 Å². The molecule has 4 N–H and O–H groups in total. The van der Waals surface area contributed by atoms with Crippen LogP contribution in [0.15, 0.2) is 42.5 Å². The predicted octanol–water partition coefficient (Wildman–Crippen LogP) is 2.24. The molecule has 0 aromatic heterocycles. The van der Waals surface area contributed by atoms with E-state index >= 15 is 0 Å². The Bertz CT molecular complexity index is 980. The average Bonchev–Trinajstić information content (AvgIpc) is 3.26.